The molecule has 0 aromatic heterocycles. The van der Waals surface area contributed by atoms with Crippen molar-refractivity contribution in [2.24, 2.45) is 5.92 Å². The van der Waals surface area contributed by atoms with Gasteiger partial charge in [-0.2, -0.15) is 0 Å². The van der Waals surface area contributed by atoms with E-state index in [9.17, 15) is 4.79 Å². The van der Waals surface area contributed by atoms with Crippen LogP contribution in [-0.2, 0) is 11.3 Å². The van der Waals surface area contributed by atoms with Crippen molar-refractivity contribution in [3.05, 3.63) is 35.9 Å². The highest BCUT2D eigenvalue weighted by molar-refractivity contribution is 5.69. The second kappa shape index (κ2) is 5.82. The van der Waals surface area contributed by atoms with Crippen molar-refractivity contribution < 1.29 is 9.53 Å². The number of carbonyl (C=O) groups excluding carboxylic acids is 1. The van der Waals surface area contributed by atoms with Gasteiger partial charge in [-0.05, 0) is 52.1 Å². The summed E-state index contributed by atoms with van der Waals surface area (Å²) < 4.78 is 5.55. The minimum Gasteiger partial charge on any atom is -0.444 e. The maximum absolute atomic E-state index is 12.4. The van der Waals surface area contributed by atoms with Crippen molar-refractivity contribution in [3.8, 4) is 0 Å². The summed E-state index contributed by atoms with van der Waals surface area (Å²) in [6.45, 7) is 11.7. The molecule has 126 valence electrons. The first-order valence-corrected chi connectivity index (χ1v) is 8.55. The smallest absolute Gasteiger partial charge is 0.410 e. The van der Waals surface area contributed by atoms with E-state index in [-0.39, 0.29) is 11.6 Å². The first-order chi connectivity index (χ1) is 10.8. The molecule has 2 aliphatic heterocycles. The molecule has 1 aromatic rings. The van der Waals surface area contributed by atoms with Crippen molar-refractivity contribution >= 4 is 6.09 Å². The monoisotopic (exact) mass is 316 g/mol. The Morgan fingerprint density at radius 1 is 1.30 bits per heavy atom. The van der Waals surface area contributed by atoms with Gasteiger partial charge in [0.25, 0.3) is 0 Å². The minimum atomic E-state index is -0.431. The molecule has 2 unspecified atom stereocenters. The third kappa shape index (κ3) is 3.37. The zero-order valence-corrected chi connectivity index (χ0v) is 14.7. The van der Waals surface area contributed by atoms with Crippen molar-refractivity contribution in [1.29, 1.82) is 0 Å². The van der Waals surface area contributed by atoms with Gasteiger partial charge in [-0.1, -0.05) is 30.3 Å². The summed E-state index contributed by atoms with van der Waals surface area (Å²) in [6.07, 6.45) is 0.982. The van der Waals surface area contributed by atoms with Crippen LogP contribution in [0.2, 0.25) is 0 Å². The van der Waals surface area contributed by atoms with Gasteiger partial charge in [0.2, 0.25) is 0 Å². The average molecular weight is 316 g/mol. The second-order valence-corrected chi connectivity index (χ2v) is 8.11. The van der Waals surface area contributed by atoms with Gasteiger partial charge in [0.1, 0.15) is 5.60 Å². The van der Waals surface area contributed by atoms with Gasteiger partial charge in [-0.25, -0.2) is 4.79 Å². The van der Waals surface area contributed by atoms with E-state index in [1.807, 2.05) is 25.7 Å². The van der Waals surface area contributed by atoms with Gasteiger partial charge < -0.3 is 9.64 Å². The predicted molar refractivity (Wildman–Crippen MR) is 91.2 cm³/mol. The van der Waals surface area contributed by atoms with Gasteiger partial charge in [-0.15, -0.1) is 0 Å². The summed E-state index contributed by atoms with van der Waals surface area (Å²) in [5.41, 5.74) is 0.969. The molecule has 2 fully saturated rings. The topological polar surface area (TPSA) is 32.8 Å². The van der Waals surface area contributed by atoms with E-state index in [4.69, 9.17) is 4.74 Å². The standard InChI is InChI=1S/C19H28N2O2/c1-18(2,3)23-17(22)20-13-16-10-11-21(19(16,4)14-20)12-15-8-6-5-7-9-15/h5-9,16H,10-14H2,1-4H3. The maximum Gasteiger partial charge on any atom is 0.410 e. The Labute approximate surface area is 139 Å². The number of fused-ring (bicyclic) bond motifs is 1. The predicted octanol–water partition coefficient (Wildman–Crippen LogP) is 3.52. The van der Waals surface area contributed by atoms with Crippen LogP contribution < -0.4 is 0 Å². The fraction of sp³-hybridized carbons (Fsp3) is 0.632. The summed E-state index contributed by atoms with van der Waals surface area (Å²) in [5.74, 6) is 0.540. The van der Waals surface area contributed by atoms with E-state index in [1.54, 1.807) is 0 Å². The molecular formula is C19H28N2O2. The summed E-state index contributed by atoms with van der Waals surface area (Å²) in [6, 6.07) is 10.6. The zero-order chi connectivity index (χ0) is 16.7. The molecule has 0 N–H and O–H groups in total. The molecule has 2 heterocycles. The van der Waals surface area contributed by atoms with E-state index in [0.717, 1.165) is 32.6 Å². The van der Waals surface area contributed by atoms with Crippen LogP contribution in [0.3, 0.4) is 0 Å². The molecule has 2 saturated heterocycles. The van der Waals surface area contributed by atoms with E-state index >= 15 is 0 Å². The highest BCUT2D eigenvalue weighted by Gasteiger charge is 2.52. The number of likely N-dealkylation sites (tertiary alicyclic amines) is 2. The highest BCUT2D eigenvalue weighted by atomic mass is 16.6. The Morgan fingerprint density at radius 3 is 2.65 bits per heavy atom. The molecule has 3 rings (SSSR count). The van der Waals surface area contributed by atoms with E-state index < -0.39 is 5.60 Å². The van der Waals surface area contributed by atoms with Crippen molar-refractivity contribution in [3.63, 3.8) is 0 Å². The number of benzene rings is 1. The molecule has 2 atom stereocenters. The maximum atomic E-state index is 12.4. The number of carbonyl (C=O) groups is 1. The average Bonchev–Trinajstić information content (AvgIpc) is 2.94. The normalized spacial score (nSPS) is 28.0. The third-order valence-corrected chi connectivity index (χ3v) is 5.17. The molecule has 1 amide bonds. The lowest BCUT2D eigenvalue weighted by molar-refractivity contribution is 0.0248. The summed E-state index contributed by atoms with van der Waals surface area (Å²) >= 11 is 0. The second-order valence-electron chi connectivity index (χ2n) is 8.11. The first kappa shape index (κ1) is 16.3. The number of hydrogen-bond acceptors (Lipinski definition) is 3. The molecule has 2 aliphatic rings. The van der Waals surface area contributed by atoms with Crippen LogP contribution in [0.25, 0.3) is 0 Å². The Hall–Kier alpha value is -1.55. The van der Waals surface area contributed by atoms with Crippen molar-refractivity contribution in [2.45, 2.75) is 51.8 Å². The van der Waals surface area contributed by atoms with E-state index in [2.05, 4.69) is 42.2 Å². The molecule has 0 saturated carbocycles. The van der Waals surface area contributed by atoms with Gasteiger partial charge in [0.15, 0.2) is 0 Å². The highest BCUT2D eigenvalue weighted by Crippen LogP contribution is 2.42. The zero-order valence-electron chi connectivity index (χ0n) is 14.7. The molecular weight excluding hydrogens is 288 g/mol. The van der Waals surface area contributed by atoms with Crippen LogP contribution in [0, 0.1) is 5.92 Å². The first-order valence-electron chi connectivity index (χ1n) is 8.55. The lowest BCUT2D eigenvalue weighted by atomic mass is 9.90. The van der Waals surface area contributed by atoms with Crippen LogP contribution in [0.1, 0.15) is 39.7 Å². The summed E-state index contributed by atoms with van der Waals surface area (Å²) in [5, 5.41) is 0. The number of hydrogen-bond donors (Lipinski definition) is 0. The molecule has 0 spiro atoms. The molecule has 4 heteroatoms. The number of ether oxygens (including phenoxy) is 1. The van der Waals surface area contributed by atoms with Crippen molar-refractivity contribution in [2.75, 3.05) is 19.6 Å². The van der Waals surface area contributed by atoms with Crippen LogP contribution in [0.5, 0.6) is 0 Å². The van der Waals surface area contributed by atoms with Gasteiger partial charge >= 0.3 is 6.09 Å². The quantitative estimate of drug-likeness (QED) is 0.837. The molecule has 0 radical (unpaired) electrons. The Morgan fingerprint density at radius 2 is 2.00 bits per heavy atom. The van der Waals surface area contributed by atoms with Gasteiger partial charge in [0, 0.05) is 25.2 Å². The van der Waals surface area contributed by atoms with Crippen LogP contribution in [0.15, 0.2) is 30.3 Å². The Bertz CT molecular complexity index is 566. The Balaban J connectivity index is 1.68. The summed E-state index contributed by atoms with van der Waals surface area (Å²) in [4.78, 5) is 16.8. The van der Waals surface area contributed by atoms with Gasteiger partial charge in [-0.3, -0.25) is 4.90 Å². The minimum absolute atomic E-state index is 0.0622. The molecule has 0 bridgehead atoms. The molecule has 4 nitrogen and oxygen atoms in total. The summed E-state index contributed by atoms with van der Waals surface area (Å²) in [7, 11) is 0. The van der Waals surface area contributed by atoms with Gasteiger partial charge in [0.05, 0.1) is 0 Å². The molecule has 1 aromatic carbocycles. The largest absolute Gasteiger partial charge is 0.444 e. The SMILES string of the molecule is CC(C)(C)OC(=O)N1CC2CCN(Cc3ccccc3)C2(C)C1. The fourth-order valence-corrected chi connectivity index (χ4v) is 3.90. The lowest BCUT2D eigenvalue weighted by Crippen LogP contribution is -2.47. The van der Waals surface area contributed by atoms with Crippen LogP contribution >= 0.6 is 0 Å². The molecule has 23 heavy (non-hydrogen) atoms. The fourth-order valence-electron chi connectivity index (χ4n) is 3.90. The van der Waals surface area contributed by atoms with Crippen LogP contribution in [-0.4, -0.2) is 46.7 Å². The number of rotatable bonds is 2. The number of amides is 1. The van der Waals surface area contributed by atoms with E-state index in [1.165, 1.54) is 5.56 Å². The van der Waals surface area contributed by atoms with E-state index in [0.29, 0.717) is 5.92 Å². The van der Waals surface area contributed by atoms with Crippen LogP contribution in [0.4, 0.5) is 4.79 Å². The third-order valence-electron chi connectivity index (χ3n) is 5.17. The lowest BCUT2D eigenvalue weighted by Gasteiger charge is -2.35. The Kier molecular flexibility index (Phi) is 4.13. The molecule has 0 aliphatic carbocycles. The van der Waals surface area contributed by atoms with Crippen molar-refractivity contribution in [1.82, 2.24) is 9.80 Å². The number of nitrogens with zero attached hydrogens (tertiary/aromatic N) is 2.